The molecular formula is C17H39NO5Si2. The molecule has 0 aliphatic rings. The molecule has 0 amide bonds. The van der Waals surface area contributed by atoms with Crippen molar-refractivity contribution in [1.82, 2.24) is 0 Å². The van der Waals surface area contributed by atoms with Crippen molar-refractivity contribution in [3.63, 3.8) is 0 Å². The van der Waals surface area contributed by atoms with E-state index in [0.29, 0.717) is 19.8 Å². The number of hydrogen-bond donors (Lipinski definition) is 0. The molecule has 0 aromatic carbocycles. The zero-order valence-corrected chi connectivity index (χ0v) is 19.1. The Labute approximate surface area is 157 Å². The van der Waals surface area contributed by atoms with Crippen molar-refractivity contribution in [2.24, 2.45) is 4.99 Å². The Bertz CT molecular complexity index is 298. The summed E-state index contributed by atoms with van der Waals surface area (Å²) in [5, 5.41) is 0. The fraction of sp³-hybridized carbons (Fsp3) is 0.941. The van der Waals surface area contributed by atoms with Gasteiger partial charge in [-0.25, -0.2) is 0 Å². The van der Waals surface area contributed by atoms with E-state index >= 15 is 0 Å². The molecule has 0 rings (SSSR count). The maximum atomic E-state index is 5.85. The molecule has 0 N–H and O–H groups in total. The Balaban J connectivity index is 4.01. The minimum Gasteiger partial charge on any atom is -0.397 e. The van der Waals surface area contributed by atoms with E-state index in [1.807, 2.05) is 40.8 Å². The van der Waals surface area contributed by atoms with Crippen LogP contribution in [0.4, 0.5) is 0 Å². The molecule has 0 aromatic rings. The summed E-state index contributed by atoms with van der Waals surface area (Å²) in [6, 6.07) is 1.87. The van der Waals surface area contributed by atoms with Gasteiger partial charge in [0.1, 0.15) is 0 Å². The Kier molecular flexibility index (Phi) is 17.3. The van der Waals surface area contributed by atoms with Crippen LogP contribution in [0.5, 0.6) is 0 Å². The van der Waals surface area contributed by atoms with Gasteiger partial charge in [0.2, 0.25) is 0 Å². The number of hydrogen-bond acceptors (Lipinski definition) is 6. The van der Waals surface area contributed by atoms with E-state index in [1.54, 1.807) is 0 Å². The minimum atomic E-state index is -2.49. The average molecular weight is 394 g/mol. The molecule has 0 saturated carbocycles. The smallest absolute Gasteiger partial charge is 0.397 e. The minimum absolute atomic E-state index is 0.630. The van der Waals surface area contributed by atoms with Crippen molar-refractivity contribution in [3.8, 4) is 0 Å². The van der Waals surface area contributed by atoms with Crippen LogP contribution in [0.3, 0.4) is 0 Å². The highest BCUT2D eigenvalue weighted by Gasteiger charge is 2.39. The van der Waals surface area contributed by atoms with E-state index in [0.717, 1.165) is 51.1 Å². The standard InChI is InChI=1S/C17H39NO5Si2/c1-6-19-24(20-7-2)16-13-15-18-14-11-12-17-25(21-8-3,22-9-4)23-10-5/h14,24H,6-13,15-17H2,1-5H3. The van der Waals surface area contributed by atoms with Crippen LogP contribution in [0.2, 0.25) is 12.1 Å². The molecular weight excluding hydrogens is 354 g/mol. The van der Waals surface area contributed by atoms with E-state index < -0.39 is 18.1 Å². The summed E-state index contributed by atoms with van der Waals surface area (Å²) in [4.78, 5) is 4.50. The van der Waals surface area contributed by atoms with E-state index in [2.05, 4.69) is 4.99 Å². The van der Waals surface area contributed by atoms with Crippen LogP contribution >= 0.6 is 0 Å². The van der Waals surface area contributed by atoms with Crippen LogP contribution in [-0.4, -0.2) is 63.9 Å². The molecule has 8 heteroatoms. The van der Waals surface area contributed by atoms with Crippen LogP contribution in [0.25, 0.3) is 0 Å². The van der Waals surface area contributed by atoms with Gasteiger partial charge in [0.25, 0.3) is 0 Å². The second kappa shape index (κ2) is 17.3. The summed E-state index contributed by atoms with van der Waals surface area (Å²) in [5.41, 5.74) is 0. The predicted molar refractivity (Wildman–Crippen MR) is 108 cm³/mol. The molecule has 0 saturated heterocycles. The molecule has 25 heavy (non-hydrogen) atoms. The predicted octanol–water partition coefficient (Wildman–Crippen LogP) is 3.57. The van der Waals surface area contributed by atoms with Crippen LogP contribution in [0.1, 0.15) is 53.9 Å². The van der Waals surface area contributed by atoms with Crippen molar-refractivity contribution in [2.45, 2.75) is 66.0 Å². The van der Waals surface area contributed by atoms with Crippen LogP contribution in [0.15, 0.2) is 4.99 Å². The van der Waals surface area contributed by atoms with Gasteiger partial charge >= 0.3 is 18.1 Å². The molecule has 0 aliphatic carbocycles. The van der Waals surface area contributed by atoms with Gasteiger partial charge in [-0.3, -0.25) is 4.99 Å². The largest absolute Gasteiger partial charge is 0.500 e. The van der Waals surface area contributed by atoms with E-state index in [9.17, 15) is 0 Å². The normalized spacial score (nSPS) is 12.6. The number of nitrogens with zero attached hydrogens (tertiary/aromatic N) is 1. The van der Waals surface area contributed by atoms with Crippen molar-refractivity contribution in [1.29, 1.82) is 0 Å². The number of aliphatic imine (C=N–C) groups is 1. The van der Waals surface area contributed by atoms with E-state index in [-0.39, 0.29) is 0 Å². The van der Waals surface area contributed by atoms with Crippen molar-refractivity contribution >= 4 is 24.3 Å². The SMILES string of the molecule is CCO[SiH](CCCN=CCCC[Si](OCC)(OCC)OCC)OCC. The lowest BCUT2D eigenvalue weighted by Crippen LogP contribution is -2.45. The zero-order valence-electron chi connectivity index (χ0n) is 16.9. The summed E-state index contributed by atoms with van der Waals surface area (Å²) in [5.74, 6) is 0. The summed E-state index contributed by atoms with van der Waals surface area (Å²) in [6.45, 7) is 14.2. The lowest BCUT2D eigenvalue weighted by atomic mass is 10.4. The number of unbranched alkanes of at least 4 members (excludes halogenated alkanes) is 1. The quantitative estimate of drug-likeness (QED) is 0.202. The molecule has 0 atom stereocenters. The Hall–Kier alpha value is -0.0962. The lowest BCUT2D eigenvalue weighted by molar-refractivity contribution is 0.0710. The number of rotatable bonds is 18. The maximum Gasteiger partial charge on any atom is 0.500 e. The third kappa shape index (κ3) is 12.8. The Morgan fingerprint density at radius 1 is 0.800 bits per heavy atom. The summed E-state index contributed by atoms with van der Waals surface area (Å²) >= 11 is 0. The van der Waals surface area contributed by atoms with Crippen molar-refractivity contribution in [2.75, 3.05) is 39.6 Å². The first-order valence-electron chi connectivity index (χ1n) is 9.81. The molecule has 0 aromatic heterocycles. The van der Waals surface area contributed by atoms with Crippen LogP contribution < -0.4 is 0 Å². The second-order valence-electron chi connectivity index (χ2n) is 5.45. The first-order valence-corrected chi connectivity index (χ1v) is 13.5. The van der Waals surface area contributed by atoms with Gasteiger partial charge in [-0.05, 0) is 66.1 Å². The van der Waals surface area contributed by atoms with E-state index in [4.69, 9.17) is 22.1 Å². The average Bonchev–Trinajstić information content (AvgIpc) is 2.58. The fourth-order valence-electron chi connectivity index (χ4n) is 2.53. The monoisotopic (exact) mass is 393 g/mol. The highest BCUT2D eigenvalue weighted by molar-refractivity contribution is 6.60. The highest BCUT2D eigenvalue weighted by atomic mass is 28.4. The molecule has 0 radical (unpaired) electrons. The van der Waals surface area contributed by atoms with Gasteiger partial charge in [0.15, 0.2) is 0 Å². The topological polar surface area (TPSA) is 58.5 Å². The first-order chi connectivity index (χ1) is 12.2. The maximum absolute atomic E-state index is 5.85. The molecule has 0 fully saturated rings. The van der Waals surface area contributed by atoms with Crippen molar-refractivity contribution in [3.05, 3.63) is 0 Å². The van der Waals surface area contributed by atoms with Crippen molar-refractivity contribution < 1.29 is 22.1 Å². The molecule has 0 aliphatic heterocycles. The summed E-state index contributed by atoms with van der Waals surface area (Å²) in [7, 11) is -3.96. The second-order valence-corrected chi connectivity index (χ2v) is 10.3. The third-order valence-electron chi connectivity index (χ3n) is 3.47. The molecule has 0 bridgehead atoms. The van der Waals surface area contributed by atoms with E-state index in [1.165, 1.54) is 0 Å². The van der Waals surface area contributed by atoms with Gasteiger partial charge in [-0.1, -0.05) is 0 Å². The van der Waals surface area contributed by atoms with Gasteiger partial charge in [0.05, 0.1) is 0 Å². The zero-order chi connectivity index (χ0) is 18.8. The van der Waals surface area contributed by atoms with Gasteiger partial charge in [-0.2, -0.15) is 0 Å². The molecule has 6 nitrogen and oxygen atoms in total. The van der Waals surface area contributed by atoms with Gasteiger partial charge in [-0.15, -0.1) is 0 Å². The van der Waals surface area contributed by atoms with Crippen LogP contribution in [0, 0.1) is 0 Å². The molecule has 0 spiro atoms. The Morgan fingerprint density at radius 3 is 1.84 bits per heavy atom. The third-order valence-corrected chi connectivity index (χ3v) is 8.91. The van der Waals surface area contributed by atoms with Gasteiger partial charge in [0, 0.05) is 45.6 Å². The Morgan fingerprint density at radius 2 is 1.36 bits per heavy atom. The molecule has 0 heterocycles. The molecule has 150 valence electrons. The first kappa shape index (κ1) is 24.9. The van der Waals surface area contributed by atoms with Crippen LogP contribution in [-0.2, 0) is 22.1 Å². The summed E-state index contributed by atoms with van der Waals surface area (Å²) < 4.78 is 28.9. The molecule has 0 unspecified atom stereocenters. The lowest BCUT2D eigenvalue weighted by Gasteiger charge is -2.28. The highest BCUT2D eigenvalue weighted by Crippen LogP contribution is 2.18. The van der Waals surface area contributed by atoms with Gasteiger partial charge < -0.3 is 22.1 Å². The fourth-order valence-corrected chi connectivity index (χ4v) is 6.86. The summed E-state index contributed by atoms with van der Waals surface area (Å²) in [6.07, 6.45) is 4.95.